The fourth-order valence-electron chi connectivity index (χ4n) is 1.54. The van der Waals surface area contributed by atoms with E-state index in [4.69, 9.17) is 11.6 Å². The van der Waals surface area contributed by atoms with Crippen LogP contribution in [0.4, 0.5) is 0 Å². The zero-order valence-electron chi connectivity index (χ0n) is 8.19. The third-order valence-electron chi connectivity index (χ3n) is 2.35. The van der Waals surface area contributed by atoms with Crippen LogP contribution in [0, 0.1) is 0 Å². The van der Waals surface area contributed by atoms with Gasteiger partial charge in [0.1, 0.15) is 5.50 Å². The fraction of sp³-hybridized carbons (Fsp3) is 0.400. The van der Waals surface area contributed by atoms with E-state index < -0.39 is 0 Å². The minimum absolute atomic E-state index is 0.0920. The number of hydrogen-bond donors (Lipinski definition) is 1. The average molecular weight is 226 g/mol. The highest BCUT2D eigenvalue weighted by molar-refractivity contribution is 6.20. The van der Waals surface area contributed by atoms with Gasteiger partial charge in [-0.3, -0.25) is 15.2 Å². The summed E-state index contributed by atoms with van der Waals surface area (Å²) in [6, 6.07) is 3.46. The topological polar surface area (TPSA) is 45.2 Å². The fourth-order valence-corrected chi connectivity index (χ4v) is 1.84. The van der Waals surface area contributed by atoms with Gasteiger partial charge in [0.05, 0.1) is 5.56 Å². The molecule has 1 aromatic heterocycles. The number of hydrazine groups is 1. The Morgan fingerprint density at radius 3 is 3.13 bits per heavy atom. The molecule has 1 aromatic rings. The Labute approximate surface area is 93.2 Å². The first kappa shape index (κ1) is 10.4. The number of carbonyl (C=O) groups excluding carboxylic acids is 1. The number of alkyl halides is 1. The standard InChI is InChI=1S/C10H12ClN3O/c11-9-4-2-6-14(9)13-10(15)8-3-1-5-12-7-8/h1,3,5,7,9H,2,4,6H2,(H,13,15). The lowest BCUT2D eigenvalue weighted by Crippen LogP contribution is -2.43. The second kappa shape index (κ2) is 4.59. The van der Waals surface area contributed by atoms with Crippen molar-refractivity contribution >= 4 is 17.5 Å². The summed E-state index contributed by atoms with van der Waals surface area (Å²) >= 11 is 6.01. The molecular weight excluding hydrogens is 214 g/mol. The van der Waals surface area contributed by atoms with Crippen LogP contribution in [-0.4, -0.2) is 27.9 Å². The molecule has 0 aromatic carbocycles. The Kier molecular flexibility index (Phi) is 3.18. The molecule has 1 atom stereocenters. The van der Waals surface area contributed by atoms with Crippen molar-refractivity contribution in [3.05, 3.63) is 30.1 Å². The van der Waals surface area contributed by atoms with Crippen LogP contribution in [0.1, 0.15) is 23.2 Å². The van der Waals surface area contributed by atoms with Gasteiger partial charge in [0.15, 0.2) is 0 Å². The largest absolute Gasteiger partial charge is 0.283 e. The Morgan fingerprint density at radius 1 is 1.67 bits per heavy atom. The number of nitrogens with one attached hydrogen (secondary N) is 1. The molecule has 1 saturated heterocycles. The van der Waals surface area contributed by atoms with E-state index in [1.54, 1.807) is 23.3 Å². The smallest absolute Gasteiger partial charge is 0.267 e. The monoisotopic (exact) mass is 225 g/mol. The molecule has 1 fully saturated rings. The van der Waals surface area contributed by atoms with Gasteiger partial charge in [0.25, 0.3) is 5.91 Å². The van der Waals surface area contributed by atoms with E-state index in [1.807, 2.05) is 0 Å². The van der Waals surface area contributed by atoms with Crippen LogP contribution in [0.15, 0.2) is 24.5 Å². The summed E-state index contributed by atoms with van der Waals surface area (Å²) in [6.07, 6.45) is 5.10. The summed E-state index contributed by atoms with van der Waals surface area (Å²) in [4.78, 5) is 15.6. The first-order valence-electron chi connectivity index (χ1n) is 4.89. The Morgan fingerprint density at radius 2 is 2.53 bits per heavy atom. The minimum Gasteiger partial charge on any atom is -0.283 e. The van der Waals surface area contributed by atoms with E-state index in [9.17, 15) is 4.79 Å². The van der Waals surface area contributed by atoms with Crippen LogP contribution in [0.25, 0.3) is 0 Å². The number of hydrogen-bond acceptors (Lipinski definition) is 3. The van der Waals surface area contributed by atoms with Crippen molar-refractivity contribution in [1.29, 1.82) is 0 Å². The van der Waals surface area contributed by atoms with Gasteiger partial charge in [0.2, 0.25) is 0 Å². The number of nitrogens with zero attached hydrogens (tertiary/aromatic N) is 2. The van der Waals surface area contributed by atoms with Gasteiger partial charge < -0.3 is 0 Å². The number of carbonyl (C=O) groups is 1. The average Bonchev–Trinajstić information content (AvgIpc) is 2.66. The van der Waals surface area contributed by atoms with Gasteiger partial charge in [-0.15, -0.1) is 11.6 Å². The number of aromatic nitrogens is 1. The number of pyridine rings is 1. The first-order valence-corrected chi connectivity index (χ1v) is 5.33. The van der Waals surface area contributed by atoms with Crippen LogP contribution in [0.2, 0.25) is 0 Å². The molecule has 1 aliphatic rings. The predicted octanol–water partition coefficient (Wildman–Crippen LogP) is 1.39. The maximum Gasteiger partial charge on any atom is 0.267 e. The third-order valence-corrected chi connectivity index (χ3v) is 2.80. The van der Waals surface area contributed by atoms with Crippen LogP contribution in [0.3, 0.4) is 0 Å². The maximum absolute atomic E-state index is 11.7. The first-order chi connectivity index (χ1) is 7.27. The van der Waals surface area contributed by atoms with Gasteiger partial charge in [-0.05, 0) is 25.0 Å². The summed E-state index contributed by atoms with van der Waals surface area (Å²) in [5.74, 6) is -0.157. The van der Waals surface area contributed by atoms with Crippen molar-refractivity contribution in [2.24, 2.45) is 0 Å². The van der Waals surface area contributed by atoms with Crippen molar-refractivity contribution in [3.63, 3.8) is 0 Å². The van der Waals surface area contributed by atoms with Gasteiger partial charge in [-0.2, -0.15) is 0 Å². The lowest BCUT2D eigenvalue weighted by molar-refractivity contribution is 0.0809. The summed E-state index contributed by atoms with van der Waals surface area (Å²) < 4.78 is 0. The molecule has 1 amide bonds. The Balaban J connectivity index is 1.98. The van der Waals surface area contributed by atoms with Gasteiger partial charge in [-0.25, -0.2) is 5.01 Å². The van der Waals surface area contributed by atoms with Gasteiger partial charge >= 0.3 is 0 Å². The number of halogens is 1. The van der Waals surface area contributed by atoms with Crippen molar-refractivity contribution in [1.82, 2.24) is 15.4 Å². The Hall–Kier alpha value is -1.13. The quantitative estimate of drug-likeness (QED) is 0.611. The number of amides is 1. The zero-order chi connectivity index (χ0) is 10.7. The molecule has 2 heterocycles. The molecule has 0 bridgehead atoms. The molecule has 1 unspecified atom stereocenters. The van der Waals surface area contributed by atoms with E-state index in [1.165, 1.54) is 6.20 Å². The molecule has 2 rings (SSSR count). The molecule has 1 N–H and O–H groups in total. The summed E-state index contributed by atoms with van der Waals surface area (Å²) in [5, 5.41) is 1.76. The zero-order valence-corrected chi connectivity index (χ0v) is 8.94. The van der Waals surface area contributed by atoms with E-state index >= 15 is 0 Å². The summed E-state index contributed by atoms with van der Waals surface area (Å²) in [7, 11) is 0. The molecule has 15 heavy (non-hydrogen) atoms. The van der Waals surface area contributed by atoms with Crippen LogP contribution >= 0.6 is 11.6 Å². The molecule has 0 aliphatic carbocycles. The van der Waals surface area contributed by atoms with Crippen LogP contribution in [-0.2, 0) is 0 Å². The normalized spacial score (nSPS) is 21.5. The van der Waals surface area contributed by atoms with E-state index in [-0.39, 0.29) is 11.4 Å². The SMILES string of the molecule is O=C(NN1CCCC1Cl)c1cccnc1. The lowest BCUT2D eigenvalue weighted by Gasteiger charge is -2.19. The molecule has 80 valence electrons. The second-order valence-electron chi connectivity index (χ2n) is 3.45. The van der Waals surface area contributed by atoms with Crippen molar-refractivity contribution in [2.75, 3.05) is 6.54 Å². The Bertz CT molecular complexity index is 344. The third kappa shape index (κ3) is 2.46. The molecule has 1 aliphatic heterocycles. The van der Waals surface area contributed by atoms with Crippen molar-refractivity contribution in [2.45, 2.75) is 18.3 Å². The van der Waals surface area contributed by atoms with Crippen LogP contribution in [0.5, 0.6) is 0 Å². The molecule has 0 saturated carbocycles. The molecule has 4 nitrogen and oxygen atoms in total. The van der Waals surface area contributed by atoms with Crippen molar-refractivity contribution < 1.29 is 4.79 Å². The van der Waals surface area contributed by atoms with E-state index in [2.05, 4.69) is 10.4 Å². The van der Waals surface area contributed by atoms with Crippen molar-refractivity contribution in [3.8, 4) is 0 Å². The van der Waals surface area contributed by atoms with E-state index in [0.29, 0.717) is 5.56 Å². The highest BCUT2D eigenvalue weighted by atomic mass is 35.5. The predicted molar refractivity (Wildman–Crippen MR) is 57.3 cm³/mol. The lowest BCUT2D eigenvalue weighted by atomic mass is 10.3. The second-order valence-corrected chi connectivity index (χ2v) is 3.96. The van der Waals surface area contributed by atoms with Gasteiger partial charge in [-0.1, -0.05) is 0 Å². The van der Waals surface area contributed by atoms with Gasteiger partial charge in [0, 0.05) is 18.9 Å². The molecule has 0 spiro atoms. The summed E-state index contributed by atoms with van der Waals surface area (Å²) in [6.45, 7) is 0.806. The van der Waals surface area contributed by atoms with Crippen LogP contribution < -0.4 is 5.43 Å². The molecular formula is C10H12ClN3O. The molecule has 5 heteroatoms. The van der Waals surface area contributed by atoms with E-state index in [0.717, 1.165) is 19.4 Å². The minimum atomic E-state index is -0.157. The highest BCUT2D eigenvalue weighted by Crippen LogP contribution is 2.17. The maximum atomic E-state index is 11.7. The number of rotatable bonds is 2. The molecule has 0 radical (unpaired) electrons. The summed E-state index contributed by atoms with van der Waals surface area (Å²) in [5.41, 5.74) is 3.22. The highest BCUT2D eigenvalue weighted by Gasteiger charge is 2.23.